The second kappa shape index (κ2) is 6.53. The molecule has 98 valence electrons. The molecule has 17 heavy (non-hydrogen) atoms. The zero-order valence-electron chi connectivity index (χ0n) is 10.1. The van der Waals surface area contributed by atoms with E-state index in [9.17, 15) is 9.59 Å². The Kier molecular flexibility index (Phi) is 5.33. The van der Waals surface area contributed by atoms with E-state index in [0.717, 1.165) is 0 Å². The van der Waals surface area contributed by atoms with Gasteiger partial charge in [0.05, 0.1) is 25.4 Å². The van der Waals surface area contributed by atoms with Gasteiger partial charge in [0.15, 0.2) is 0 Å². The van der Waals surface area contributed by atoms with Crippen LogP contribution in [-0.2, 0) is 9.53 Å². The molecule has 0 aromatic carbocycles. The van der Waals surface area contributed by atoms with Crippen LogP contribution in [-0.4, -0.2) is 67.4 Å². The lowest BCUT2D eigenvalue weighted by Gasteiger charge is -2.35. The van der Waals surface area contributed by atoms with Crippen molar-refractivity contribution in [2.75, 3.05) is 33.3 Å². The Bertz CT molecular complexity index is 285. The van der Waals surface area contributed by atoms with Crippen LogP contribution in [0.15, 0.2) is 0 Å². The van der Waals surface area contributed by atoms with Gasteiger partial charge in [-0.3, -0.25) is 15.0 Å². The highest BCUT2D eigenvalue weighted by Crippen LogP contribution is 2.09. The lowest BCUT2D eigenvalue weighted by Crippen LogP contribution is -2.52. The molecule has 3 N–H and O–H groups in total. The first kappa shape index (κ1) is 13.9. The summed E-state index contributed by atoms with van der Waals surface area (Å²) in [5.41, 5.74) is 0. The highest BCUT2D eigenvalue weighted by atomic mass is 16.5. The topological polar surface area (TPSA) is 90.9 Å². The van der Waals surface area contributed by atoms with Gasteiger partial charge in [-0.15, -0.1) is 0 Å². The van der Waals surface area contributed by atoms with Crippen LogP contribution >= 0.6 is 0 Å². The summed E-state index contributed by atoms with van der Waals surface area (Å²) >= 11 is 0. The molecule has 0 radical (unpaired) electrons. The van der Waals surface area contributed by atoms with Crippen LogP contribution in [0, 0.1) is 0 Å². The number of morpholine rings is 1. The molecule has 7 nitrogen and oxygen atoms in total. The quantitative estimate of drug-likeness (QED) is 0.564. The molecule has 2 atom stereocenters. The number of urea groups is 1. The van der Waals surface area contributed by atoms with Crippen LogP contribution in [0.3, 0.4) is 0 Å². The van der Waals surface area contributed by atoms with Gasteiger partial charge in [0.1, 0.15) is 0 Å². The first-order valence-corrected chi connectivity index (χ1v) is 5.55. The molecule has 1 fully saturated rings. The van der Waals surface area contributed by atoms with E-state index < -0.39 is 6.03 Å². The first-order chi connectivity index (χ1) is 8.05. The predicted octanol–water partition coefficient (Wildman–Crippen LogP) is -1.48. The van der Waals surface area contributed by atoms with Crippen LogP contribution in [0.2, 0.25) is 0 Å². The minimum Gasteiger partial charge on any atom is -0.394 e. The molecule has 1 aliphatic heterocycles. The lowest BCUT2D eigenvalue weighted by atomic mass is 10.2. The fraction of sp³-hybridized carbons (Fsp3) is 0.800. The van der Waals surface area contributed by atoms with E-state index in [1.165, 1.54) is 7.05 Å². The number of aliphatic hydroxyl groups is 1. The average molecular weight is 245 g/mol. The highest BCUT2D eigenvalue weighted by Gasteiger charge is 2.26. The molecule has 0 saturated carbocycles. The van der Waals surface area contributed by atoms with Crippen LogP contribution in [0.1, 0.15) is 6.92 Å². The van der Waals surface area contributed by atoms with E-state index in [1.807, 2.05) is 11.8 Å². The van der Waals surface area contributed by atoms with Gasteiger partial charge >= 0.3 is 6.03 Å². The second-order valence-corrected chi connectivity index (χ2v) is 4.07. The largest absolute Gasteiger partial charge is 0.394 e. The summed E-state index contributed by atoms with van der Waals surface area (Å²) in [6, 6.07) is -0.519. The van der Waals surface area contributed by atoms with Crippen molar-refractivity contribution in [3.05, 3.63) is 0 Å². The molecule has 1 aliphatic rings. The van der Waals surface area contributed by atoms with Crippen molar-refractivity contribution in [3.63, 3.8) is 0 Å². The van der Waals surface area contributed by atoms with Crippen LogP contribution in [0.5, 0.6) is 0 Å². The Hall–Kier alpha value is -1.18. The summed E-state index contributed by atoms with van der Waals surface area (Å²) in [5, 5.41) is 13.5. The number of ether oxygens (including phenoxy) is 1. The normalized spacial score (nSPS) is 25.4. The maximum absolute atomic E-state index is 11.5. The monoisotopic (exact) mass is 245 g/mol. The molecule has 7 heteroatoms. The van der Waals surface area contributed by atoms with Crippen LogP contribution in [0.25, 0.3) is 0 Å². The van der Waals surface area contributed by atoms with Crippen molar-refractivity contribution in [3.8, 4) is 0 Å². The number of hydrogen-bond donors (Lipinski definition) is 3. The van der Waals surface area contributed by atoms with Gasteiger partial charge < -0.3 is 15.2 Å². The van der Waals surface area contributed by atoms with Gasteiger partial charge in [-0.1, -0.05) is 0 Å². The number of nitrogens with one attached hydrogen (secondary N) is 2. The Morgan fingerprint density at radius 1 is 1.47 bits per heavy atom. The average Bonchev–Trinajstić information content (AvgIpc) is 2.27. The minimum absolute atomic E-state index is 0.0336. The van der Waals surface area contributed by atoms with E-state index in [4.69, 9.17) is 9.84 Å². The third-order valence-corrected chi connectivity index (χ3v) is 2.45. The molecule has 0 aromatic rings. The van der Waals surface area contributed by atoms with E-state index >= 15 is 0 Å². The molecule has 2 unspecified atom stereocenters. The Morgan fingerprint density at radius 2 is 2.18 bits per heavy atom. The molecular weight excluding hydrogens is 226 g/mol. The number of carbonyl (C=O) groups excluding carboxylic acids is 2. The van der Waals surface area contributed by atoms with E-state index in [1.54, 1.807) is 0 Å². The zero-order chi connectivity index (χ0) is 12.8. The summed E-state index contributed by atoms with van der Waals surface area (Å²) in [6.07, 6.45) is -0.305. The van der Waals surface area contributed by atoms with E-state index in [2.05, 4.69) is 10.6 Å². The maximum Gasteiger partial charge on any atom is 0.321 e. The van der Waals surface area contributed by atoms with Gasteiger partial charge in [-0.05, 0) is 6.92 Å². The van der Waals surface area contributed by atoms with Gasteiger partial charge in [-0.2, -0.15) is 0 Å². The number of nitrogens with zero attached hydrogens (tertiary/aromatic N) is 1. The summed E-state index contributed by atoms with van der Waals surface area (Å²) in [6.45, 7) is 3.03. The summed E-state index contributed by atoms with van der Waals surface area (Å²) in [7, 11) is 1.45. The first-order valence-electron chi connectivity index (χ1n) is 5.55. The Labute approximate surface area is 100 Å². The number of aliphatic hydroxyl groups excluding tert-OH is 1. The number of carbonyl (C=O) groups is 2. The summed E-state index contributed by atoms with van der Waals surface area (Å²) in [4.78, 5) is 24.2. The van der Waals surface area contributed by atoms with E-state index in [-0.39, 0.29) is 31.3 Å². The molecule has 1 saturated heterocycles. The zero-order valence-corrected chi connectivity index (χ0v) is 10.1. The molecule has 3 amide bonds. The third-order valence-electron chi connectivity index (χ3n) is 2.45. The number of rotatable bonds is 3. The second-order valence-electron chi connectivity index (χ2n) is 4.07. The fourth-order valence-corrected chi connectivity index (χ4v) is 1.80. The molecule has 0 bridgehead atoms. The lowest BCUT2D eigenvalue weighted by molar-refractivity contribution is -0.127. The van der Waals surface area contributed by atoms with Crippen molar-refractivity contribution in [1.29, 1.82) is 0 Å². The third kappa shape index (κ3) is 4.68. The van der Waals surface area contributed by atoms with Crippen molar-refractivity contribution >= 4 is 11.9 Å². The van der Waals surface area contributed by atoms with Crippen LogP contribution in [0.4, 0.5) is 4.79 Å². The number of hydrogen-bond acceptors (Lipinski definition) is 5. The highest BCUT2D eigenvalue weighted by molar-refractivity contribution is 5.95. The van der Waals surface area contributed by atoms with Gasteiger partial charge in [0, 0.05) is 20.1 Å². The number of amides is 3. The minimum atomic E-state index is -0.519. The summed E-state index contributed by atoms with van der Waals surface area (Å²) in [5.74, 6) is -0.366. The number of imide groups is 1. The van der Waals surface area contributed by atoms with Crippen molar-refractivity contribution in [2.24, 2.45) is 0 Å². The van der Waals surface area contributed by atoms with Crippen LogP contribution < -0.4 is 10.6 Å². The SMILES string of the molecule is CNC(=O)NC(=O)CN1CC(C)OC(CO)C1. The Balaban J connectivity index is 2.39. The maximum atomic E-state index is 11.5. The fourth-order valence-electron chi connectivity index (χ4n) is 1.80. The predicted molar refractivity (Wildman–Crippen MR) is 60.5 cm³/mol. The standard InChI is InChI=1S/C10H19N3O4/c1-7-3-13(4-8(6-14)17-7)5-9(15)12-10(16)11-2/h7-8,14H,3-6H2,1-2H3,(H2,11,12,15,16). The molecule has 0 spiro atoms. The summed E-state index contributed by atoms with van der Waals surface area (Å²) < 4.78 is 5.45. The molecule has 1 heterocycles. The molecule has 1 rings (SSSR count). The van der Waals surface area contributed by atoms with Crippen molar-refractivity contribution in [1.82, 2.24) is 15.5 Å². The molecular formula is C10H19N3O4. The Morgan fingerprint density at radius 3 is 2.76 bits per heavy atom. The smallest absolute Gasteiger partial charge is 0.321 e. The van der Waals surface area contributed by atoms with E-state index in [0.29, 0.717) is 13.1 Å². The molecule has 0 aliphatic carbocycles. The van der Waals surface area contributed by atoms with Crippen molar-refractivity contribution < 1.29 is 19.4 Å². The van der Waals surface area contributed by atoms with Gasteiger partial charge in [-0.25, -0.2) is 4.79 Å². The van der Waals surface area contributed by atoms with Crippen molar-refractivity contribution in [2.45, 2.75) is 19.1 Å². The molecule has 0 aromatic heterocycles. The van der Waals surface area contributed by atoms with Gasteiger partial charge in [0.25, 0.3) is 0 Å². The van der Waals surface area contributed by atoms with Gasteiger partial charge in [0.2, 0.25) is 5.91 Å².